The highest BCUT2D eigenvalue weighted by Crippen LogP contribution is 2.21. The van der Waals surface area contributed by atoms with Gasteiger partial charge in [-0.05, 0) is 19.8 Å². The van der Waals surface area contributed by atoms with Crippen LogP contribution in [0.3, 0.4) is 0 Å². The zero-order valence-corrected chi connectivity index (χ0v) is 12.5. The average Bonchev–Trinajstić information content (AvgIpc) is 2.92. The van der Waals surface area contributed by atoms with Gasteiger partial charge in [-0.3, -0.25) is 5.10 Å². The van der Waals surface area contributed by atoms with Gasteiger partial charge in [0.1, 0.15) is 5.56 Å². The summed E-state index contributed by atoms with van der Waals surface area (Å²) in [4.78, 5) is 11.7. The van der Waals surface area contributed by atoms with E-state index in [0.717, 1.165) is 19.0 Å². The molecule has 0 aliphatic heterocycles. The molecule has 0 saturated heterocycles. The number of carbonyl (C=O) groups excluding carboxylic acids is 1. The predicted octanol–water partition coefficient (Wildman–Crippen LogP) is 0.168. The van der Waals surface area contributed by atoms with Crippen molar-refractivity contribution in [1.29, 1.82) is 0 Å². The Morgan fingerprint density at radius 3 is 2.90 bits per heavy atom. The Hall–Kier alpha value is -1.45. The number of aliphatic hydroxyl groups excluding tert-OH is 1. The fourth-order valence-electron chi connectivity index (χ4n) is 2.34. The first kappa shape index (κ1) is 15.9. The van der Waals surface area contributed by atoms with Crippen LogP contribution in [-0.4, -0.2) is 48.4 Å². The first-order valence-corrected chi connectivity index (χ1v) is 8.35. The third-order valence-electron chi connectivity index (χ3n) is 3.40. The van der Waals surface area contributed by atoms with E-state index in [0.29, 0.717) is 12.8 Å². The zero-order valence-electron chi connectivity index (χ0n) is 11.7. The Kier molecular flexibility index (Phi) is 4.96. The van der Waals surface area contributed by atoms with Gasteiger partial charge in [-0.25, -0.2) is 17.9 Å². The molecule has 0 aromatic carbocycles. The van der Waals surface area contributed by atoms with Gasteiger partial charge in [0.2, 0.25) is 0 Å². The number of sulfonamides is 1. The van der Waals surface area contributed by atoms with Gasteiger partial charge in [-0.2, -0.15) is 5.10 Å². The summed E-state index contributed by atoms with van der Waals surface area (Å²) in [5.74, 6) is -0.754. The van der Waals surface area contributed by atoms with Crippen molar-refractivity contribution in [2.24, 2.45) is 0 Å². The fourth-order valence-corrected chi connectivity index (χ4v) is 3.73. The number of H-pyrrole nitrogens is 1. The van der Waals surface area contributed by atoms with Crippen LogP contribution in [-0.2, 0) is 14.8 Å². The molecule has 118 valence electrons. The highest BCUT2D eigenvalue weighted by atomic mass is 32.2. The predicted molar refractivity (Wildman–Crippen MR) is 73.1 cm³/mol. The molecule has 1 fully saturated rings. The second-order valence-electron chi connectivity index (χ2n) is 4.91. The summed E-state index contributed by atoms with van der Waals surface area (Å²) in [5, 5.41) is 15.4. The van der Waals surface area contributed by atoms with E-state index in [1.807, 2.05) is 0 Å². The molecule has 1 heterocycles. The monoisotopic (exact) mass is 317 g/mol. The van der Waals surface area contributed by atoms with Gasteiger partial charge in [0.05, 0.1) is 18.9 Å². The van der Waals surface area contributed by atoms with Crippen LogP contribution >= 0.6 is 0 Å². The van der Waals surface area contributed by atoms with Crippen molar-refractivity contribution in [2.75, 3.05) is 6.61 Å². The van der Waals surface area contributed by atoms with Crippen LogP contribution < -0.4 is 4.72 Å². The van der Waals surface area contributed by atoms with Gasteiger partial charge in [0.15, 0.2) is 5.03 Å². The molecule has 0 unspecified atom stereocenters. The van der Waals surface area contributed by atoms with Crippen molar-refractivity contribution >= 4 is 16.0 Å². The maximum absolute atomic E-state index is 12.3. The quantitative estimate of drug-likeness (QED) is 0.666. The molecule has 2 atom stereocenters. The number of nitrogens with zero attached hydrogens (tertiary/aromatic N) is 1. The van der Waals surface area contributed by atoms with Gasteiger partial charge in [0, 0.05) is 6.04 Å². The van der Waals surface area contributed by atoms with Crippen LogP contribution in [0.4, 0.5) is 0 Å². The van der Waals surface area contributed by atoms with E-state index in [1.165, 1.54) is 0 Å². The molecular formula is C12H19N3O5S. The summed E-state index contributed by atoms with van der Waals surface area (Å²) in [6, 6.07) is -0.554. The summed E-state index contributed by atoms with van der Waals surface area (Å²) in [5.41, 5.74) is -0.144. The Balaban J connectivity index is 2.20. The van der Waals surface area contributed by atoms with Gasteiger partial charge in [-0.15, -0.1) is 0 Å². The van der Waals surface area contributed by atoms with E-state index in [-0.39, 0.29) is 17.2 Å². The highest BCUT2D eigenvalue weighted by Gasteiger charge is 2.32. The lowest BCUT2D eigenvalue weighted by Crippen LogP contribution is -2.45. The smallest absolute Gasteiger partial charge is 0.342 e. The number of aromatic nitrogens is 2. The van der Waals surface area contributed by atoms with Crippen molar-refractivity contribution < 1.29 is 23.1 Å². The molecule has 0 amide bonds. The summed E-state index contributed by atoms with van der Waals surface area (Å²) in [6.07, 6.45) is 3.23. The summed E-state index contributed by atoms with van der Waals surface area (Å²) < 4.78 is 31.9. The largest absolute Gasteiger partial charge is 0.462 e. The van der Waals surface area contributed by atoms with Crippen molar-refractivity contribution in [1.82, 2.24) is 14.9 Å². The van der Waals surface area contributed by atoms with Gasteiger partial charge in [-0.1, -0.05) is 12.8 Å². The molecule has 1 aliphatic carbocycles. The van der Waals surface area contributed by atoms with Crippen LogP contribution in [0.1, 0.15) is 43.0 Å². The number of carbonyl (C=O) groups is 1. The lowest BCUT2D eigenvalue weighted by molar-refractivity contribution is 0.0521. The Labute approximate surface area is 122 Å². The summed E-state index contributed by atoms with van der Waals surface area (Å²) in [7, 11) is -3.97. The number of aliphatic hydroxyl groups is 1. The van der Waals surface area contributed by atoms with E-state index in [2.05, 4.69) is 14.9 Å². The standard InChI is InChI=1S/C12H19N3O5S/c1-2-20-12(17)8-7-13-14-11(8)21(18,19)15-9-5-3-4-6-10(9)16/h7,9-10,15-16H,2-6H2,1H3,(H,13,14)/t9-,10-/m0/s1. The second-order valence-corrected chi connectivity index (χ2v) is 6.56. The minimum atomic E-state index is -3.97. The minimum absolute atomic E-state index is 0.137. The third kappa shape index (κ3) is 3.60. The van der Waals surface area contributed by atoms with Crippen LogP contribution in [0.15, 0.2) is 11.2 Å². The lowest BCUT2D eigenvalue weighted by atomic mass is 9.93. The van der Waals surface area contributed by atoms with E-state index >= 15 is 0 Å². The molecule has 1 aromatic rings. The van der Waals surface area contributed by atoms with Crippen LogP contribution in [0, 0.1) is 0 Å². The van der Waals surface area contributed by atoms with Crippen LogP contribution in [0.2, 0.25) is 0 Å². The van der Waals surface area contributed by atoms with Crippen molar-refractivity contribution in [3.05, 3.63) is 11.8 Å². The van der Waals surface area contributed by atoms with E-state index in [1.54, 1.807) is 6.92 Å². The number of nitrogens with one attached hydrogen (secondary N) is 2. The fraction of sp³-hybridized carbons (Fsp3) is 0.667. The van der Waals surface area contributed by atoms with Crippen LogP contribution in [0.5, 0.6) is 0 Å². The number of esters is 1. The van der Waals surface area contributed by atoms with Crippen molar-refractivity contribution in [2.45, 2.75) is 49.8 Å². The topological polar surface area (TPSA) is 121 Å². The van der Waals surface area contributed by atoms with Gasteiger partial charge < -0.3 is 9.84 Å². The molecule has 0 bridgehead atoms. The summed E-state index contributed by atoms with van der Waals surface area (Å²) in [6.45, 7) is 1.76. The van der Waals surface area contributed by atoms with Crippen LogP contribution in [0.25, 0.3) is 0 Å². The molecule has 3 N–H and O–H groups in total. The second kappa shape index (κ2) is 6.54. The highest BCUT2D eigenvalue weighted by molar-refractivity contribution is 7.89. The Morgan fingerprint density at radius 1 is 1.52 bits per heavy atom. The third-order valence-corrected chi connectivity index (χ3v) is 4.87. The molecule has 2 rings (SSSR count). The molecule has 8 nitrogen and oxygen atoms in total. The van der Waals surface area contributed by atoms with Crippen molar-refractivity contribution in [3.8, 4) is 0 Å². The van der Waals surface area contributed by atoms with E-state index < -0.39 is 28.1 Å². The molecule has 9 heteroatoms. The molecule has 0 spiro atoms. The molecule has 1 aliphatic rings. The summed E-state index contributed by atoms with van der Waals surface area (Å²) >= 11 is 0. The van der Waals surface area contributed by atoms with Crippen molar-refractivity contribution in [3.63, 3.8) is 0 Å². The average molecular weight is 317 g/mol. The first-order valence-electron chi connectivity index (χ1n) is 6.86. The molecule has 0 radical (unpaired) electrons. The van der Waals surface area contributed by atoms with E-state index in [9.17, 15) is 18.3 Å². The lowest BCUT2D eigenvalue weighted by Gasteiger charge is -2.27. The molecule has 1 saturated carbocycles. The maximum Gasteiger partial charge on any atom is 0.342 e. The molecule has 21 heavy (non-hydrogen) atoms. The zero-order chi connectivity index (χ0) is 15.5. The Morgan fingerprint density at radius 2 is 2.24 bits per heavy atom. The number of ether oxygens (including phenoxy) is 1. The Bertz CT molecular complexity index is 598. The SMILES string of the molecule is CCOC(=O)c1cn[nH]c1S(=O)(=O)N[C@H]1CCCC[C@@H]1O. The first-order chi connectivity index (χ1) is 9.95. The maximum atomic E-state index is 12.3. The number of hydrogen-bond acceptors (Lipinski definition) is 6. The number of rotatable bonds is 5. The normalized spacial score (nSPS) is 23.0. The van der Waals surface area contributed by atoms with E-state index in [4.69, 9.17) is 4.74 Å². The number of aromatic amines is 1. The molecular weight excluding hydrogens is 298 g/mol. The minimum Gasteiger partial charge on any atom is -0.462 e. The van der Waals surface area contributed by atoms with Gasteiger partial charge >= 0.3 is 5.97 Å². The molecule has 1 aromatic heterocycles. The van der Waals surface area contributed by atoms with Gasteiger partial charge in [0.25, 0.3) is 10.0 Å². The number of hydrogen-bond donors (Lipinski definition) is 3.